The van der Waals surface area contributed by atoms with Gasteiger partial charge in [0, 0.05) is 32.4 Å². The van der Waals surface area contributed by atoms with Gasteiger partial charge in [-0.1, -0.05) is 17.7 Å². The number of hydrogen-bond donors (Lipinski definition) is 1. The lowest BCUT2D eigenvalue weighted by Crippen LogP contribution is -2.43. The highest BCUT2D eigenvalue weighted by molar-refractivity contribution is 5.47. The molecular formula is C15H26N2O. The molecule has 0 aliphatic heterocycles. The van der Waals surface area contributed by atoms with Crippen LogP contribution in [0.2, 0.25) is 0 Å². The number of nitrogens with two attached hydrogens (primary N) is 1. The van der Waals surface area contributed by atoms with E-state index in [2.05, 4.69) is 57.0 Å². The highest BCUT2D eigenvalue weighted by Gasteiger charge is 2.24. The monoisotopic (exact) mass is 250 g/mol. The summed E-state index contributed by atoms with van der Waals surface area (Å²) < 4.78 is 5.49. The summed E-state index contributed by atoms with van der Waals surface area (Å²) in [6.07, 6.45) is 0.907. The second kappa shape index (κ2) is 6.21. The van der Waals surface area contributed by atoms with E-state index in [0.717, 1.165) is 6.42 Å². The smallest absolute Gasteiger partial charge is 0.0642 e. The third kappa shape index (κ3) is 4.00. The predicted molar refractivity (Wildman–Crippen MR) is 78.1 cm³/mol. The molecule has 3 nitrogen and oxygen atoms in total. The molecular weight excluding hydrogens is 224 g/mol. The summed E-state index contributed by atoms with van der Waals surface area (Å²) in [5.41, 5.74) is 8.22. The van der Waals surface area contributed by atoms with Gasteiger partial charge in [-0.2, -0.15) is 0 Å². The van der Waals surface area contributed by atoms with Crippen LogP contribution in [0.25, 0.3) is 0 Å². The van der Waals surface area contributed by atoms with Crippen molar-refractivity contribution in [3.63, 3.8) is 0 Å². The van der Waals surface area contributed by atoms with Crippen LogP contribution >= 0.6 is 0 Å². The number of nitrogens with zero attached hydrogens (tertiary/aromatic N) is 1. The molecule has 1 aromatic rings. The van der Waals surface area contributed by atoms with Crippen LogP contribution in [-0.4, -0.2) is 32.3 Å². The fourth-order valence-corrected chi connectivity index (χ4v) is 2.02. The van der Waals surface area contributed by atoms with Gasteiger partial charge in [0.05, 0.1) is 5.60 Å². The van der Waals surface area contributed by atoms with Crippen molar-refractivity contribution in [2.24, 2.45) is 5.73 Å². The van der Waals surface area contributed by atoms with Gasteiger partial charge < -0.3 is 15.4 Å². The standard InChI is InChI=1S/C15H26N2O/c1-12-6-8-13(9-7-12)17(4)14(11-16)10-15(2,3)18-5/h6-9,14H,10-11,16H2,1-5H3. The number of likely N-dealkylation sites (N-methyl/N-ethyl adjacent to an activating group) is 1. The van der Waals surface area contributed by atoms with E-state index in [1.54, 1.807) is 7.11 Å². The van der Waals surface area contributed by atoms with E-state index in [-0.39, 0.29) is 11.6 Å². The first-order valence-corrected chi connectivity index (χ1v) is 6.44. The van der Waals surface area contributed by atoms with Crippen LogP contribution in [0.5, 0.6) is 0 Å². The molecule has 1 atom stereocenters. The molecule has 0 spiro atoms. The molecule has 0 fully saturated rings. The Morgan fingerprint density at radius 2 is 1.83 bits per heavy atom. The topological polar surface area (TPSA) is 38.5 Å². The third-order valence-electron chi connectivity index (χ3n) is 3.54. The number of anilines is 1. The molecule has 1 aromatic carbocycles. The highest BCUT2D eigenvalue weighted by atomic mass is 16.5. The maximum Gasteiger partial charge on any atom is 0.0642 e. The summed E-state index contributed by atoms with van der Waals surface area (Å²) in [5, 5.41) is 0. The van der Waals surface area contributed by atoms with E-state index in [9.17, 15) is 0 Å². The van der Waals surface area contributed by atoms with E-state index in [1.165, 1.54) is 11.3 Å². The van der Waals surface area contributed by atoms with E-state index >= 15 is 0 Å². The molecule has 1 unspecified atom stereocenters. The number of hydrogen-bond acceptors (Lipinski definition) is 3. The normalized spacial score (nSPS) is 13.4. The van der Waals surface area contributed by atoms with Gasteiger partial charge in [-0.15, -0.1) is 0 Å². The summed E-state index contributed by atoms with van der Waals surface area (Å²) in [6.45, 7) is 6.91. The van der Waals surface area contributed by atoms with Gasteiger partial charge >= 0.3 is 0 Å². The first kappa shape index (κ1) is 15.0. The minimum absolute atomic E-state index is 0.150. The maximum atomic E-state index is 5.91. The largest absolute Gasteiger partial charge is 0.379 e. The second-order valence-electron chi connectivity index (χ2n) is 5.50. The predicted octanol–water partition coefficient (Wildman–Crippen LogP) is 2.57. The van der Waals surface area contributed by atoms with Crippen LogP contribution in [-0.2, 0) is 4.74 Å². The molecule has 0 aliphatic rings. The molecule has 0 aliphatic carbocycles. The summed E-state index contributed by atoms with van der Waals surface area (Å²) in [7, 11) is 3.84. The molecule has 1 rings (SSSR count). The van der Waals surface area contributed by atoms with Gasteiger partial charge in [-0.25, -0.2) is 0 Å². The van der Waals surface area contributed by atoms with Crippen LogP contribution < -0.4 is 10.6 Å². The van der Waals surface area contributed by atoms with Gasteiger partial charge in [0.15, 0.2) is 0 Å². The van der Waals surface area contributed by atoms with Crippen LogP contribution in [0.1, 0.15) is 25.8 Å². The lowest BCUT2D eigenvalue weighted by molar-refractivity contribution is 0.0104. The van der Waals surface area contributed by atoms with Crippen molar-refractivity contribution in [2.45, 2.75) is 38.8 Å². The molecule has 2 N–H and O–H groups in total. The lowest BCUT2D eigenvalue weighted by Gasteiger charge is -2.35. The van der Waals surface area contributed by atoms with Gasteiger partial charge in [0.1, 0.15) is 0 Å². The fourth-order valence-electron chi connectivity index (χ4n) is 2.02. The second-order valence-corrected chi connectivity index (χ2v) is 5.50. The Morgan fingerprint density at radius 1 is 1.28 bits per heavy atom. The zero-order valence-electron chi connectivity index (χ0n) is 12.2. The minimum atomic E-state index is -0.150. The van der Waals surface area contributed by atoms with Gasteiger partial charge in [0.25, 0.3) is 0 Å². The average Bonchev–Trinajstić information content (AvgIpc) is 2.36. The van der Waals surface area contributed by atoms with Crippen LogP contribution in [0.3, 0.4) is 0 Å². The number of aryl methyl sites for hydroxylation is 1. The van der Waals surface area contributed by atoms with Crippen molar-refractivity contribution in [1.29, 1.82) is 0 Å². The van der Waals surface area contributed by atoms with Crippen molar-refractivity contribution >= 4 is 5.69 Å². The lowest BCUT2D eigenvalue weighted by atomic mass is 9.97. The summed E-state index contributed by atoms with van der Waals surface area (Å²) in [6, 6.07) is 8.81. The Morgan fingerprint density at radius 3 is 2.28 bits per heavy atom. The Labute approximate surface area is 111 Å². The van der Waals surface area contributed by atoms with Crippen molar-refractivity contribution in [3.8, 4) is 0 Å². The number of ether oxygens (including phenoxy) is 1. The molecule has 0 aromatic heterocycles. The minimum Gasteiger partial charge on any atom is -0.379 e. The van der Waals surface area contributed by atoms with Crippen molar-refractivity contribution in [1.82, 2.24) is 0 Å². The molecule has 0 saturated heterocycles. The molecule has 0 saturated carbocycles. The molecule has 3 heteroatoms. The van der Waals surface area contributed by atoms with Crippen molar-refractivity contribution < 1.29 is 4.74 Å². The van der Waals surface area contributed by atoms with E-state index in [1.807, 2.05) is 0 Å². The maximum absolute atomic E-state index is 5.91. The zero-order chi connectivity index (χ0) is 13.8. The number of rotatable bonds is 6. The highest BCUT2D eigenvalue weighted by Crippen LogP contribution is 2.22. The summed E-state index contributed by atoms with van der Waals surface area (Å²) >= 11 is 0. The Bertz CT molecular complexity index is 359. The van der Waals surface area contributed by atoms with Crippen LogP contribution in [0, 0.1) is 6.92 Å². The van der Waals surface area contributed by atoms with Gasteiger partial charge in [-0.3, -0.25) is 0 Å². The summed E-state index contributed by atoms with van der Waals surface area (Å²) in [5.74, 6) is 0. The number of methoxy groups -OCH3 is 1. The van der Waals surface area contributed by atoms with E-state index in [4.69, 9.17) is 10.5 Å². The Hall–Kier alpha value is -1.06. The SMILES string of the molecule is COC(C)(C)CC(CN)N(C)c1ccc(C)cc1. The molecule has 0 amide bonds. The van der Waals surface area contributed by atoms with Crippen LogP contribution in [0.15, 0.2) is 24.3 Å². The Kier molecular flexibility index (Phi) is 5.17. The third-order valence-corrected chi connectivity index (χ3v) is 3.54. The van der Waals surface area contributed by atoms with Crippen molar-refractivity contribution in [3.05, 3.63) is 29.8 Å². The van der Waals surface area contributed by atoms with E-state index in [0.29, 0.717) is 6.54 Å². The zero-order valence-corrected chi connectivity index (χ0v) is 12.2. The molecule has 0 bridgehead atoms. The molecule has 0 heterocycles. The molecule has 18 heavy (non-hydrogen) atoms. The first-order valence-electron chi connectivity index (χ1n) is 6.44. The van der Waals surface area contributed by atoms with Crippen molar-refractivity contribution in [2.75, 3.05) is 25.6 Å². The molecule has 102 valence electrons. The fraction of sp³-hybridized carbons (Fsp3) is 0.600. The summed E-state index contributed by atoms with van der Waals surface area (Å²) in [4.78, 5) is 2.24. The average molecular weight is 250 g/mol. The quantitative estimate of drug-likeness (QED) is 0.843. The Balaban J connectivity index is 2.79. The van der Waals surface area contributed by atoms with Gasteiger partial charge in [0.2, 0.25) is 0 Å². The molecule has 0 radical (unpaired) electrons. The first-order chi connectivity index (χ1) is 8.39. The van der Waals surface area contributed by atoms with Crippen LogP contribution in [0.4, 0.5) is 5.69 Å². The van der Waals surface area contributed by atoms with Gasteiger partial charge in [-0.05, 0) is 39.3 Å². The number of benzene rings is 1. The van der Waals surface area contributed by atoms with E-state index < -0.39 is 0 Å².